The van der Waals surface area contributed by atoms with Gasteiger partial charge in [0, 0.05) is 36.6 Å². The van der Waals surface area contributed by atoms with Gasteiger partial charge in [-0.25, -0.2) is 0 Å². The molecule has 0 spiro atoms. The Kier molecular flexibility index (Phi) is 5.74. The minimum atomic E-state index is -0.286. The summed E-state index contributed by atoms with van der Waals surface area (Å²) in [4.78, 5) is 38.5. The number of amides is 2. The molecule has 1 aliphatic rings. The number of hydrogen-bond donors (Lipinski definition) is 1. The van der Waals surface area contributed by atoms with E-state index in [1.165, 1.54) is 17.1 Å². The van der Waals surface area contributed by atoms with Gasteiger partial charge in [-0.3, -0.25) is 14.4 Å². The predicted molar refractivity (Wildman–Crippen MR) is 105 cm³/mol. The first-order valence-corrected chi connectivity index (χ1v) is 9.28. The number of rotatable bonds is 4. The third kappa shape index (κ3) is 4.84. The largest absolute Gasteiger partial charge is 0.338 e. The maximum absolute atomic E-state index is 12.6. The van der Waals surface area contributed by atoms with E-state index in [0.717, 1.165) is 25.1 Å². The van der Waals surface area contributed by atoms with E-state index in [-0.39, 0.29) is 23.9 Å². The monoisotopic (exact) mass is 367 g/mol. The lowest BCUT2D eigenvalue weighted by Crippen LogP contribution is -2.39. The molecule has 1 aliphatic heterocycles. The van der Waals surface area contributed by atoms with E-state index >= 15 is 0 Å². The summed E-state index contributed by atoms with van der Waals surface area (Å²) in [6, 6.07) is 10.1. The van der Waals surface area contributed by atoms with Crippen LogP contribution in [0, 0.1) is 12.8 Å². The topological polar surface area (TPSA) is 71.4 Å². The number of aryl methyl sites for hydroxylation is 1. The highest BCUT2D eigenvalue weighted by atomic mass is 16.2. The van der Waals surface area contributed by atoms with E-state index < -0.39 is 0 Å². The molecule has 1 aromatic heterocycles. The smallest absolute Gasteiger partial charge is 0.253 e. The number of nitrogens with one attached hydrogen (secondary N) is 1. The van der Waals surface area contributed by atoms with Crippen molar-refractivity contribution in [3.05, 3.63) is 64.1 Å². The standard InChI is InChI=1S/C21H25N3O3/c1-15-4-3-11-23(12-15)21(27)17-6-8-18(9-7-17)22-19(25)14-24-13-16(2)5-10-20(24)26/h5-10,13,15H,3-4,11-12,14H2,1-2H3,(H,22,25). The van der Waals surface area contributed by atoms with Gasteiger partial charge < -0.3 is 14.8 Å². The highest BCUT2D eigenvalue weighted by molar-refractivity contribution is 5.95. The molecular formula is C21H25N3O3. The number of hydrogen-bond acceptors (Lipinski definition) is 3. The van der Waals surface area contributed by atoms with E-state index in [4.69, 9.17) is 0 Å². The van der Waals surface area contributed by atoms with E-state index in [1.807, 2.05) is 11.8 Å². The lowest BCUT2D eigenvalue weighted by atomic mass is 9.99. The van der Waals surface area contributed by atoms with Gasteiger partial charge in [-0.2, -0.15) is 0 Å². The molecule has 0 saturated carbocycles. The molecule has 6 nitrogen and oxygen atoms in total. The zero-order valence-electron chi connectivity index (χ0n) is 15.8. The molecule has 2 amide bonds. The number of carbonyl (C=O) groups is 2. The molecule has 1 saturated heterocycles. The van der Waals surface area contributed by atoms with Gasteiger partial charge >= 0.3 is 0 Å². The molecule has 27 heavy (non-hydrogen) atoms. The van der Waals surface area contributed by atoms with Crippen LogP contribution in [-0.2, 0) is 11.3 Å². The van der Waals surface area contributed by atoms with Crippen molar-refractivity contribution >= 4 is 17.5 Å². The van der Waals surface area contributed by atoms with Crippen LogP contribution in [0.1, 0.15) is 35.7 Å². The van der Waals surface area contributed by atoms with Gasteiger partial charge in [0.25, 0.3) is 11.5 Å². The Morgan fingerprint density at radius 1 is 1.15 bits per heavy atom. The number of anilines is 1. The summed E-state index contributed by atoms with van der Waals surface area (Å²) in [5.74, 6) is 0.281. The average Bonchev–Trinajstić information content (AvgIpc) is 2.65. The van der Waals surface area contributed by atoms with Crippen LogP contribution in [0.4, 0.5) is 5.69 Å². The van der Waals surface area contributed by atoms with E-state index in [9.17, 15) is 14.4 Å². The van der Waals surface area contributed by atoms with Gasteiger partial charge in [0.2, 0.25) is 5.91 Å². The van der Waals surface area contributed by atoms with Crippen LogP contribution in [0.15, 0.2) is 47.4 Å². The second kappa shape index (κ2) is 8.20. The van der Waals surface area contributed by atoms with Crippen LogP contribution >= 0.6 is 0 Å². The predicted octanol–water partition coefficient (Wildman–Crippen LogP) is 2.67. The molecule has 3 rings (SSSR count). The van der Waals surface area contributed by atoms with Crippen molar-refractivity contribution in [1.82, 2.24) is 9.47 Å². The molecule has 1 unspecified atom stereocenters. The minimum Gasteiger partial charge on any atom is -0.338 e. The molecular weight excluding hydrogens is 342 g/mol. The molecule has 2 heterocycles. The first kappa shape index (κ1) is 18.9. The molecule has 1 aromatic carbocycles. The molecule has 142 valence electrons. The first-order chi connectivity index (χ1) is 12.9. The van der Waals surface area contributed by atoms with Crippen molar-refractivity contribution in [2.24, 2.45) is 5.92 Å². The van der Waals surface area contributed by atoms with E-state index in [2.05, 4.69) is 12.2 Å². The van der Waals surface area contributed by atoms with Crippen LogP contribution in [0.5, 0.6) is 0 Å². The average molecular weight is 367 g/mol. The van der Waals surface area contributed by atoms with Gasteiger partial charge in [-0.15, -0.1) is 0 Å². The van der Waals surface area contributed by atoms with Gasteiger partial charge in [0.1, 0.15) is 6.54 Å². The Labute approximate surface area is 158 Å². The number of piperidine rings is 1. The summed E-state index contributed by atoms with van der Waals surface area (Å²) in [6.45, 7) is 5.58. The normalized spacial score (nSPS) is 16.8. The first-order valence-electron chi connectivity index (χ1n) is 9.28. The SMILES string of the molecule is Cc1ccc(=O)n(CC(=O)Nc2ccc(C(=O)N3CCCC(C)C3)cc2)c1. The third-order valence-corrected chi connectivity index (χ3v) is 4.81. The van der Waals surface area contributed by atoms with Crippen LogP contribution < -0.4 is 10.9 Å². The van der Waals surface area contributed by atoms with Crippen LogP contribution in [0.3, 0.4) is 0 Å². The van der Waals surface area contributed by atoms with Gasteiger partial charge in [0.05, 0.1) is 0 Å². The Morgan fingerprint density at radius 2 is 1.89 bits per heavy atom. The van der Waals surface area contributed by atoms with Crippen LogP contribution in [0.25, 0.3) is 0 Å². The van der Waals surface area contributed by atoms with Crippen molar-refractivity contribution in [1.29, 1.82) is 0 Å². The van der Waals surface area contributed by atoms with Crippen molar-refractivity contribution in [2.45, 2.75) is 33.2 Å². The maximum atomic E-state index is 12.6. The Hall–Kier alpha value is -2.89. The second-order valence-electron chi connectivity index (χ2n) is 7.30. The lowest BCUT2D eigenvalue weighted by molar-refractivity contribution is -0.116. The van der Waals surface area contributed by atoms with Crippen molar-refractivity contribution in [3.8, 4) is 0 Å². The lowest BCUT2D eigenvalue weighted by Gasteiger charge is -2.31. The van der Waals surface area contributed by atoms with Crippen LogP contribution in [-0.4, -0.2) is 34.4 Å². The molecule has 0 bridgehead atoms. The van der Waals surface area contributed by atoms with Gasteiger partial charge in [-0.1, -0.05) is 13.0 Å². The summed E-state index contributed by atoms with van der Waals surface area (Å²) in [5, 5.41) is 2.77. The molecule has 1 N–H and O–H groups in total. The van der Waals surface area contributed by atoms with E-state index in [1.54, 1.807) is 36.5 Å². The molecule has 0 radical (unpaired) electrons. The second-order valence-corrected chi connectivity index (χ2v) is 7.30. The zero-order chi connectivity index (χ0) is 19.4. The third-order valence-electron chi connectivity index (χ3n) is 4.81. The molecule has 1 atom stereocenters. The highest BCUT2D eigenvalue weighted by Crippen LogP contribution is 2.19. The van der Waals surface area contributed by atoms with Crippen molar-refractivity contribution < 1.29 is 9.59 Å². The summed E-state index contributed by atoms with van der Waals surface area (Å²) in [6.07, 6.45) is 3.86. The number of pyridine rings is 1. The van der Waals surface area contributed by atoms with Crippen LogP contribution in [0.2, 0.25) is 0 Å². The zero-order valence-corrected chi connectivity index (χ0v) is 15.8. The fourth-order valence-corrected chi connectivity index (χ4v) is 3.38. The minimum absolute atomic E-state index is 0.0331. The summed E-state index contributed by atoms with van der Waals surface area (Å²) < 4.78 is 1.38. The number of benzene rings is 1. The maximum Gasteiger partial charge on any atom is 0.253 e. The fraction of sp³-hybridized carbons (Fsp3) is 0.381. The Morgan fingerprint density at radius 3 is 2.59 bits per heavy atom. The summed E-state index contributed by atoms with van der Waals surface area (Å²) >= 11 is 0. The number of carbonyl (C=O) groups excluding carboxylic acids is 2. The van der Waals surface area contributed by atoms with E-state index in [0.29, 0.717) is 17.2 Å². The van der Waals surface area contributed by atoms with Crippen molar-refractivity contribution in [2.75, 3.05) is 18.4 Å². The number of likely N-dealkylation sites (tertiary alicyclic amines) is 1. The van der Waals surface area contributed by atoms with Crippen molar-refractivity contribution in [3.63, 3.8) is 0 Å². The molecule has 2 aromatic rings. The summed E-state index contributed by atoms with van der Waals surface area (Å²) in [7, 11) is 0. The van der Waals surface area contributed by atoms with Gasteiger partial charge in [0.15, 0.2) is 0 Å². The quantitative estimate of drug-likeness (QED) is 0.903. The Balaban J connectivity index is 1.61. The number of aromatic nitrogens is 1. The fourth-order valence-electron chi connectivity index (χ4n) is 3.38. The van der Waals surface area contributed by atoms with Gasteiger partial charge in [-0.05, 0) is 55.5 Å². The molecule has 6 heteroatoms. The highest BCUT2D eigenvalue weighted by Gasteiger charge is 2.21. The number of nitrogens with zero attached hydrogens (tertiary/aromatic N) is 2. The molecule has 0 aliphatic carbocycles. The molecule has 1 fully saturated rings. The Bertz CT molecular complexity index is 886. The summed E-state index contributed by atoms with van der Waals surface area (Å²) in [5.41, 5.74) is 1.92.